The summed E-state index contributed by atoms with van der Waals surface area (Å²) in [6.45, 7) is 3.65. The molecule has 1 heterocycles. The van der Waals surface area contributed by atoms with E-state index < -0.39 is 29.6 Å². The molecule has 3 aromatic rings. The molecule has 3 rings (SSSR count). The highest BCUT2D eigenvalue weighted by Crippen LogP contribution is 2.30. The van der Waals surface area contributed by atoms with Crippen molar-refractivity contribution in [2.45, 2.75) is 32.5 Å². The van der Waals surface area contributed by atoms with Gasteiger partial charge in [0.1, 0.15) is 16.8 Å². The Kier molecular flexibility index (Phi) is 7.87. The predicted octanol–water partition coefficient (Wildman–Crippen LogP) is 5.02. The molecule has 0 aliphatic heterocycles. The van der Waals surface area contributed by atoms with E-state index in [9.17, 15) is 22.8 Å². The third kappa shape index (κ3) is 6.10. The molecule has 0 spiro atoms. The van der Waals surface area contributed by atoms with E-state index in [4.69, 9.17) is 4.74 Å². The largest absolute Gasteiger partial charge is 0.497 e. The number of alkyl halides is 3. The molecule has 0 saturated carbocycles. The lowest BCUT2D eigenvalue weighted by Gasteiger charge is -2.23. The van der Waals surface area contributed by atoms with Crippen LogP contribution in [-0.2, 0) is 11.0 Å². The van der Waals surface area contributed by atoms with Crippen molar-refractivity contribution >= 4 is 28.3 Å². The van der Waals surface area contributed by atoms with Gasteiger partial charge in [-0.05, 0) is 54.4 Å². The number of benzene rings is 2. The van der Waals surface area contributed by atoms with Gasteiger partial charge >= 0.3 is 6.18 Å². The number of carbonyl (C=O) groups excluding carboxylic acids is 2. The zero-order valence-electron chi connectivity index (χ0n) is 18.6. The molecule has 180 valence electrons. The van der Waals surface area contributed by atoms with E-state index in [1.807, 2.05) is 19.1 Å². The number of rotatable bonds is 8. The lowest BCUT2D eigenvalue weighted by Crippen LogP contribution is -2.47. The van der Waals surface area contributed by atoms with Crippen LogP contribution in [0.1, 0.15) is 36.2 Å². The van der Waals surface area contributed by atoms with Crippen LogP contribution >= 0.6 is 11.3 Å². The van der Waals surface area contributed by atoms with Gasteiger partial charge in [-0.15, -0.1) is 10.2 Å². The highest BCUT2D eigenvalue weighted by Gasteiger charge is 2.31. The number of methoxy groups -OCH3 is 1. The summed E-state index contributed by atoms with van der Waals surface area (Å²) in [5, 5.41) is 14.2. The van der Waals surface area contributed by atoms with Crippen LogP contribution in [0.15, 0.2) is 48.5 Å². The molecule has 2 aromatic carbocycles. The fraction of sp³-hybridized carbons (Fsp3) is 0.304. The maximum Gasteiger partial charge on any atom is 0.416 e. The fourth-order valence-electron chi connectivity index (χ4n) is 3.04. The first kappa shape index (κ1) is 25.2. The number of hydrogen-bond acceptors (Lipinski definition) is 6. The Morgan fingerprint density at radius 3 is 2.26 bits per heavy atom. The molecule has 1 aromatic heterocycles. The minimum Gasteiger partial charge on any atom is -0.497 e. The second kappa shape index (κ2) is 10.6. The minimum absolute atomic E-state index is 0.0202. The van der Waals surface area contributed by atoms with Crippen molar-refractivity contribution in [2.24, 2.45) is 5.92 Å². The maximum atomic E-state index is 12.9. The Bertz CT molecular complexity index is 1130. The van der Waals surface area contributed by atoms with Crippen LogP contribution in [0, 0.1) is 5.92 Å². The fourth-order valence-corrected chi connectivity index (χ4v) is 3.80. The van der Waals surface area contributed by atoms with Gasteiger partial charge in [0.2, 0.25) is 11.0 Å². The average Bonchev–Trinajstić information content (AvgIpc) is 3.29. The smallest absolute Gasteiger partial charge is 0.416 e. The summed E-state index contributed by atoms with van der Waals surface area (Å²) in [7, 11) is 1.57. The number of hydrogen-bond donors (Lipinski definition) is 2. The number of nitrogens with zero attached hydrogens (tertiary/aromatic N) is 2. The SMILES string of the molecule is CCC(C)C(NC(=O)c1ccc(C(F)(F)F)cc1)C(=O)Nc1nnc(-c2ccc(OC)cc2)s1. The van der Waals surface area contributed by atoms with Crippen LogP contribution in [0.25, 0.3) is 10.6 Å². The van der Waals surface area contributed by atoms with Crippen molar-refractivity contribution in [3.05, 3.63) is 59.7 Å². The number of anilines is 1. The number of amides is 2. The van der Waals surface area contributed by atoms with Crippen LogP contribution in [0.5, 0.6) is 5.75 Å². The Morgan fingerprint density at radius 2 is 1.71 bits per heavy atom. The molecule has 2 amide bonds. The Morgan fingerprint density at radius 1 is 1.06 bits per heavy atom. The number of carbonyl (C=O) groups is 2. The molecular weight excluding hydrogens is 469 g/mol. The van der Waals surface area contributed by atoms with Crippen LogP contribution in [0.2, 0.25) is 0 Å². The highest BCUT2D eigenvalue weighted by molar-refractivity contribution is 7.18. The van der Waals surface area contributed by atoms with Gasteiger partial charge in [-0.25, -0.2) is 0 Å². The van der Waals surface area contributed by atoms with Gasteiger partial charge in [-0.1, -0.05) is 31.6 Å². The van der Waals surface area contributed by atoms with Gasteiger partial charge in [-0.3, -0.25) is 14.9 Å². The van der Waals surface area contributed by atoms with Gasteiger partial charge in [0.15, 0.2) is 0 Å². The molecule has 2 N–H and O–H groups in total. The molecule has 0 radical (unpaired) electrons. The summed E-state index contributed by atoms with van der Waals surface area (Å²) < 4.78 is 43.4. The maximum absolute atomic E-state index is 12.9. The van der Waals surface area contributed by atoms with Crippen LogP contribution in [-0.4, -0.2) is 35.2 Å². The van der Waals surface area contributed by atoms with Crippen molar-refractivity contribution in [3.8, 4) is 16.3 Å². The molecule has 34 heavy (non-hydrogen) atoms. The topological polar surface area (TPSA) is 93.2 Å². The summed E-state index contributed by atoms with van der Waals surface area (Å²) in [5.41, 5.74) is -0.0381. The van der Waals surface area contributed by atoms with Gasteiger partial charge in [0.05, 0.1) is 12.7 Å². The molecular formula is C23H23F3N4O3S. The molecule has 0 saturated heterocycles. The Labute approximate surface area is 198 Å². The van der Waals surface area contributed by atoms with Crippen molar-refractivity contribution in [1.29, 1.82) is 0 Å². The monoisotopic (exact) mass is 492 g/mol. The third-order valence-corrected chi connectivity index (χ3v) is 6.14. The zero-order valence-corrected chi connectivity index (χ0v) is 19.5. The van der Waals surface area contributed by atoms with Gasteiger partial charge in [-0.2, -0.15) is 13.2 Å². The molecule has 7 nitrogen and oxygen atoms in total. The third-order valence-electron chi connectivity index (χ3n) is 5.25. The molecule has 2 unspecified atom stereocenters. The van der Waals surface area contributed by atoms with Crippen molar-refractivity contribution in [3.63, 3.8) is 0 Å². The number of aromatic nitrogens is 2. The molecule has 0 fully saturated rings. The van der Waals surface area contributed by atoms with Crippen molar-refractivity contribution < 1.29 is 27.5 Å². The normalized spacial score (nSPS) is 13.1. The van der Waals surface area contributed by atoms with Gasteiger partial charge in [0.25, 0.3) is 5.91 Å². The van der Waals surface area contributed by atoms with E-state index in [0.717, 1.165) is 29.8 Å². The average molecular weight is 493 g/mol. The first-order valence-electron chi connectivity index (χ1n) is 10.4. The second-order valence-electron chi connectivity index (χ2n) is 7.54. The Balaban J connectivity index is 1.71. The van der Waals surface area contributed by atoms with Gasteiger partial charge in [0, 0.05) is 11.1 Å². The highest BCUT2D eigenvalue weighted by atomic mass is 32.1. The summed E-state index contributed by atoms with van der Waals surface area (Å²) in [4.78, 5) is 25.6. The summed E-state index contributed by atoms with van der Waals surface area (Å²) >= 11 is 1.17. The minimum atomic E-state index is -4.50. The molecule has 0 bridgehead atoms. The molecule has 0 aliphatic rings. The molecule has 0 aliphatic carbocycles. The van der Waals surface area contributed by atoms with E-state index in [0.29, 0.717) is 17.2 Å². The lowest BCUT2D eigenvalue weighted by molar-refractivity contribution is -0.137. The second-order valence-corrected chi connectivity index (χ2v) is 8.52. The standard InChI is InChI=1S/C23H23F3N4O3S/c1-4-13(2)18(27-19(31)14-5-9-16(10-6-14)23(24,25)26)20(32)28-22-30-29-21(34-22)15-7-11-17(33-3)12-8-15/h5-13,18H,4H2,1-3H3,(H,27,31)(H,28,30,32). The first-order chi connectivity index (χ1) is 16.1. The molecule has 2 atom stereocenters. The first-order valence-corrected chi connectivity index (χ1v) is 11.2. The van der Waals surface area contributed by atoms with Gasteiger partial charge < -0.3 is 10.1 Å². The lowest BCUT2D eigenvalue weighted by atomic mass is 9.98. The summed E-state index contributed by atoms with van der Waals surface area (Å²) in [6, 6.07) is 10.1. The van der Waals surface area contributed by atoms with E-state index in [1.54, 1.807) is 26.2 Å². The number of halogens is 3. The summed E-state index contributed by atoms with van der Waals surface area (Å²) in [6.07, 6.45) is -3.92. The van der Waals surface area contributed by atoms with E-state index in [-0.39, 0.29) is 16.6 Å². The van der Waals surface area contributed by atoms with Crippen LogP contribution < -0.4 is 15.4 Å². The van der Waals surface area contributed by atoms with E-state index in [1.165, 1.54) is 11.3 Å². The predicted molar refractivity (Wildman–Crippen MR) is 123 cm³/mol. The number of nitrogens with one attached hydrogen (secondary N) is 2. The molecule has 11 heteroatoms. The van der Waals surface area contributed by atoms with E-state index >= 15 is 0 Å². The zero-order chi connectivity index (χ0) is 24.9. The Hall–Kier alpha value is -3.47. The summed E-state index contributed by atoms with van der Waals surface area (Å²) in [5.74, 6) is -0.688. The van der Waals surface area contributed by atoms with Crippen molar-refractivity contribution in [2.75, 3.05) is 12.4 Å². The van der Waals surface area contributed by atoms with E-state index in [2.05, 4.69) is 20.8 Å². The van der Waals surface area contributed by atoms with Crippen LogP contribution in [0.3, 0.4) is 0 Å². The number of ether oxygens (including phenoxy) is 1. The van der Waals surface area contributed by atoms with Crippen LogP contribution in [0.4, 0.5) is 18.3 Å². The van der Waals surface area contributed by atoms with Crippen molar-refractivity contribution in [1.82, 2.24) is 15.5 Å². The quantitative estimate of drug-likeness (QED) is 0.461.